The minimum absolute atomic E-state index is 0.0179. The predicted octanol–water partition coefficient (Wildman–Crippen LogP) is 8.13. The molecule has 0 fully saturated rings. The summed E-state index contributed by atoms with van der Waals surface area (Å²) in [5, 5.41) is 0.146. The lowest BCUT2D eigenvalue weighted by Gasteiger charge is -2.38. The summed E-state index contributed by atoms with van der Waals surface area (Å²) in [7, 11) is -2.40. The molecular formula is C29H45NO4Si2. The lowest BCUT2D eigenvalue weighted by molar-refractivity contribution is 0.171. The average molecular weight is 528 g/mol. The van der Waals surface area contributed by atoms with Crippen molar-refractivity contribution in [1.82, 2.24) is 4.98 Å². The van der Waals surface area contributed by atoms with Gasteiger partial charge in [-0.3, -0.25) is 0 Å². The molecule has 2 aromatic rings. The van der Waals surface area contributed by atoms with Gasteiger partial charge in [-0.2, -0.15) is 0 Å². The van der Waals surface area contributed by atoms with Gasteiger partial charge in [0.2, 0.25) is 5.89 Å². The van der Waals surface area contributed by atoms with E-state index in [4.69, 9.17) is 18.0 Å². The Kier molecular flexibility index (Phi) is 9.63. The largest absolute Gasteiger partial charge is 0.497 e. The summed E-state index contributed by atoms with van der Waals surface area (Å²) < 4.78 is 25.1. The first-order valence-corrected chi connectivity index (χ1v) is 18.4. The van der Waals surface area contributed by atoms with Gasteiger partial charge in [-0.05, 0) is 55.3 Å². The molecule has 7 heteroatoms. The molecule has 1 atom stereocenters. The monoisotopic (exact) mass is 527 g/mol. The standard InChI is InChI=1S/C29H45NO4Si2/c1-22(25-21-30-27(33-25)23-17-14-13-15-18-23)26(31-8)24(34-36(11,12)29(5,6)7)19-16-20-32-35(9,10)28(2,3)4/h13-15,17-18,21,24H,20H2,1-12H3/b26-22+. The maximum atomic E-state index is 6.77. The van der Waals surface area contributed by atoms with Crippen LogP contribution in [0.15, 0.2) is 46.7 Å². The van der Waals surface area contributed by atoms with Crippen molar-refractivity contribution in [3.05, 3.63) is 48.0 Å². The molecule has 0 bridgehead atoms. The van der Waals surface area contributed by atoms with E-state index in [0.29, 0.717) is 24.0 Å². The average Bonchev–Trinajstić information content (AvgIpc) is 3.26. The first kappa shape index (κ1) is 30.1. The Morgan fingerprint density at radius 2 is 1.56 bits per heavy atom. The number of benzene rings is 1. The van der Waals surface area contributed by atoms with E-state index < -0.39 is 22.7 Å². The third-order valence-corrected chi connectivity index (χ3v) is 16.4. The molecule has 0 spiro atoms. The first-order chi connectivity index (χ1) is 16.5. The minimum atomic E-state index is -2.16. The topological polar surface area (TPSA) is 53.7 Å². The van der Waals surface area contributed by atoms with Crippen molar-refractivity contribution >= 4 is 22.2 Å². The highest BCUT2D eigenvalue weighted by Gasteiger charge is 2.40. The Balaban J connectivity index is 2.44. The first-order valence-electron chi connectivity index (χ1n) is 12.6. The van der Waals surface area contributed by atoms with E-state index in [0.717, 1.165) is 11.1 Å². The van der Waals surface area contributed by atoms with Gasteiger partial charge in [0.05, 0.1) is 19.9 Å². The fourth-order valence-electron chi connectivity index (χ4n) is 2.93. The number of hydrogen-bond acceptors (Lipinski definition) is 5. The van der Waals surface area contributed by atoms with Gasteiger partial charge in [0, 0.05) is 11.1 Å². The molecule has 1 aromatic carbocycles. The lowest BCUT2D eigenvalue weighted by atomic mass is 10.1. The number of nitrogens with zero attached hydrogens (tertiary/aromatic N) is 1. The number of rotatable bonds is 8. The van der Waals surface area contributed by atoms with E-state index in [2.05, 4.69) is 84.6 Å². The van der Waals surface area contributed by atoms with Crippen LogP contribution in [0.25, 0.3) is 17.0 Å². The molecule has 0 aliphatic heterocycles. The van der Waals surface area contributed by atoms with Crippen LogP contribution < -0.4 is 0 Å². The Labute approximate surface area is 220 Å². The van der Waals surface area contributed by atoms with Gasteiger partial charge in [-0.25, -0.2) is 4.98 Å². The quantitative estimate of drug-likeness (QED) is 0.197. The zero-order valence-electron chi connectivity index (χ0n) is 24.3. The van der Waals surface area contributed by atoms with Gasteiger partial charge < -0.3 is 18.0 Å². The van der Waals surface area contributed by atoms with Gasteiger partial charge >= 0.3 is 0 Å². The van der Waals surface area contributed by atoms with E-state index in [1.54, 1.807) is 13.3 Å². The Hall–Kier alpha value is -2.12. The van der Waals surface area contributed by atoms with Crippen LogP contribution in [0.4, 0.5) is 0 Å². The fraction of sp³-hybridized carbons (Fsp3) is 0.552. The highest BCUT2D eigenvalue weighted by atomic mass is 28.4. The van der Waals surface area contributed by atoms with E-state index >= 15 is 0 Å². The highest BCUT2D eigenvalue weighted by molar-refractivity contribution is 6.74. The van der Waals surface area contributed by atoms with Gasteiger partial charge in [-0.15, -0.1) is 0 Å². The SMILES string of the molecule is CO/C(=C(\C)c1cnc(-c2ccccc2)o1)C(C#CCO[Si](C)(C)C(C)(C)C)O[Si](C)(C)C(C)(C)C. The minimum Gasteiger partial charge on any atom is -0.497 e. The third-order valence-electron chi connectivity index (χ3n) is 7.49. The molecule has 0 radical (unpaired) electrons. The maximum absolute atomic E-state index is 6.77. The van der Waals surface area contributed by atoms with Crippen molar-refractivity contribution in [2.75, 3.05) is 13.7 Å². The molecule has 0 aliphatic rings. The highest BCUT2D eigenvalue weighted by Crippen LogP contribution is 2.39. The molecule has 2 rings (SSSR count). The summed E-state index contributed by atoms with van der Waals surface area (Å²) in [6, 6.07) is 9.85. The predicted molar refractivity (Wildman–Crippen MR) is 155 cm³/mol. The summed E-state index contributed by atoms with van der Waals surface area (Å²) in [6.45, 7) is 24.6. The number of oxazole rings is 1. The van der Waals surface area contributed by atoms with E-state index in [1.165, 1.54) is 0 Å². The molecule has 0 N–H and O–H groups in total. The van der Waals surface area contributed by atoms with Crippen molar-refractivity contribution in [3.63, 3.8) is 0 Å². The van der Waals surface area contributed by atoms with Gasteiger partial charge in [0.25, 0.3) is 0 Å². The summed E-state index contributed by atoms with van der Waals surface area (Å²) in [5.74, 6) is 8.40. The zero-order chi connectivity index (χ0) is 27.4. The molecule has 1 aromatic heterocycles. The van der Waals surface area contributed by atoms with Gasteiger partial charge in [0.15, 0.2) is 28.5 Å². The van der Waals surface area contributed by atoms with Crippen molar-refractivity contribution in [1.29, 1.82) is 0 Å². The summed E-state index contributed by atoms with van der Waals surface area (Å²) in [5.41, 5.74) is 1.74. The normalized spacial score (nSPS) is 14.6. The van der Waals surface area contributed by atoms with Crippen LogP contribution >= 0.6 is 0 Å². The van der Waals surface area contributed by atoms with Crippen LogP contribution in [-0.2, 0) is 13.6 Å². The van der Waals surface area contributed by atoms with Crippen LogP contribution in [0.2, 0.25) is 36.3 Å². The van der Waals surface area contributed by atoms with Gasteiger partial charge in [0.1, 0.15) is 5.76 Å². The molecule has 0 aliphatic carbocycles. The van der Waals surface area contributed by atoms with E-state index in [9.17, 15) is 0 Å². The zero-order valence-corrected chi connectivity index (χ0v) is 26.3. The summed E-state index contributed by atoms with van der Waals surface area (Å²) in [4.78, 5) is 4.48. The molecule has 0 saturated heterocycles. The third kappa shape index (κ3) is 7.45. The second kappa shape index (κ2) is 11.5. The van der Waals surface area contributed by atoms with Gasteiger partial charge in [-0.1, -0.05) is 71.6 Å². The number of hydrogen-bond donors (Lipinski definition) is 0. The number of methoxy groups -OCH3 is 1. The summed E-state index contributed by atoms with van der Waals surface area (Å²) >= 11 is 0. The Bertz CT molecular complexity index is 1090. The lowest BCUT2D eigenvalue weighted by Crippen LogP contribution is -2.44. The smallest absolute Gasteiger partial charge is 0.226 e. The second-order valence-corrected chi connectivity index (χ2v) is 21.8. The summed E-state index contributed by atoms with van der Waals surface area (Å²) in [6.07, 6.45) is 1.19. The van der Waals surface area contributed by atoms with Crippen LogP contribution in [0.1, 0.15) is 54.2 Å². The van der Waals surface area contributed by atoms with E-state index in [-0.39, 0.29) is 10.1 Å². The number of allylic oxidation sites excluding steroid dienone is 1. The van der Waals surface area contributed by atoms with Crippen LogP contribution in [0.5, 0.6) is 0 Å². The van der Waals surface area contributed by atoms with Crippen molar-refractivity contribution in [2.24, 2.45) is 0 Å². The molecule has 0 amide bonds. The van der Waals surface area contributed by atoms with Crippen LogP contribution in [0, 0.1) is 11.8 Å². The molecule has 198 valence electrons. The Morgan fingerprint density at radius 1 is 0.972 bits per heavy atom. The molecule has 1 heterocycles. The molecule has 0 saturated carbocycles. The molecular weight excluding hydrogens is 482 g/mol. The fourth-order valence-corrected chi connectivity index (χ4v) is 4.90. The maximum Gasteiger partial charge on any atom is 0.226 e. The van der Waals surface area contributed by atoms with E-state index in [1.807, 2.05) is 37.3 Å². The Morgan fingerprint density at radius 3 is 2.08 bits per heavy atom. The van der Waals surface area contributed by atoms with Crippen molar-refractivity contribution < 1.29 is 18.0 Å². The molecule has 5 nitrogen and oxygen atoms in total. The van der Waals surface area contributed by atoms with Crippen LogP contribution in [0.3, 0.4) is 0 Å². The number of aromatic nitrogens is 1. The van der Waals surface area contributed by atoms with Crippen molar-refractivity contribution in [3.8, 4) is 23.3 Å². The van der Waals surface area contributed by atoms with Crippen molar-refractivity contribution in [2.45, 2.75) is 90.8 Å². The second-order valence-electron chi connectivity index (χ2n) is 12.2. The number of ether oxygens (including phenoxy) is 1. The molecule has 36 heavy (non-hydrogen) atoms. The molecule has 1 unspecified atom stereocenters. The van der Waals surface area contributed by atoms with Crippen LogP contribution in [-0.4, -0.2) is 41.4 Å².